The second-order valence-electron chi connectivity index (χ2n) is 11.7. The molecule has 1 saturated carbocycles. The van der Waals surface area contributed by atoms with Crippen LogP contribution in [-0.2, 0) is 16.1 Å². The van der Waals surface area contributed by atoms with E-state index in [1.807, 2.05) is 29.2 Å². The van der Waals surface area contributed by atoms with Crippen LogP contribution in [0.2, 0.25) is 0 Å². The first-order chi connectivity index (χ1) is 19.8. The zero-order valence-corrected chi connectivity index (χ0v) is 23.8. The fourth-order valence-corrected chi connectivity index (χ4v) is 6.58. The van der Waals surface area contributed by atoms with Crippen molar-refractivity contribution in [2.45, 2.75) is 82.5 Å². The van der Waals surface area contributed by atoms with E-state index >= 15 is 0 Å². The van der Waals surface area contributed by atoms with Gasteiger partial charge in [0, 0.05) is 26.2 Å². The summed E-state index contributed by atoms with van der Waals surface area (Å²) < 4.78 is 5.85. The summed E-state index contributed by atoms with van der Waals surface area (Å²) in [6, 6.07) is 13.2. The minimum atomic E-state index is -0.976. The van der Waals surface area contributed by atoms with Gasteiger partial charge in [-0.15, -0.1) is 0 Å². The van der Waals surface area contributed by atoms with Crippen LogP contribution >= 0.6 is 0 Å². The second kappa shape index (κ2) is 12.6. The summed E-state index contributed by atoms with van der Waals surface area (Å²) in [4.78, 5) is 42.5. The molecule has 2 aromatic rings. The molecule has 220 valence electrons. The summed E-state index contributed by atoms with van der Waals surface area (Å²) >= 11 is 0. The largest absolute Gasteiger partial charge is 0.478 e. The van der Waals surface area contributed by atoms with Gasteiger partial charge in [0.15, 0.2) is 0 Å². The minimum absolute atomic E-state index is 0.0717. The van der Waals surface area contributed by atoms with Crippen LogP contribution in [0.5, 0.6) is 11.5 Å². The van der Waals surface area contributed by atoms with Crippen molar-refractivity contribution < 1.29 is 29.3 Å². The lowest BCUT2D eigenvalue weighted by atomic mass is 9.80. The molecule has 2 amide bonds. The number of piperazine rings is 1. The first kappa shape index (κ1) is 29.1. The number of carboxylic acids is 1. The maximum absolute atomic E-state index is 13.7. The molecule has 2 aromatic carbocycles. The Balaban J connectivity index is 1.20. The molecule has 2 saturated heterocycles. The molecule has 1 aliphatic carbocycles. The summed E-state index contributed by atoms with van der Waals surface area (Å²) in [6.07, 6.45) is 5.99. The van der Waals surface area contributed by atoms with Crippen LogP contribution < -0.4 is 10.1 Å². The number of likely N-dealkylation sites (tertiary alicyclic amines) is 1. The molecule has 2 unspecified atom stereocenters. The van der Waals surface area contributed by atoms with E-state index in [0.29, 0.717) is 44.0 Å². The lowest BCUT2D eigenvalue weighted by Crippen LogP contribution is -2.75. The Morgan fingerprint density at radius 1 is 1.02 bits per heavy atom. The third-order valence-corrected chi connectivity index (χ3v) is 9.07. The van der Waals surface area contributed by atoms with Crippen LogP contribution in [0.3, 0.4) is 0 Å². The van der Waals surface area contributed by atoms with Crippen LogP contribution in [0, 0.1) is 5.92 Å². The zero-order chi connectivity index (χ0) is 29.0. The summed E-state index contributed by atoms with van der Waals surface area (Å²) in [5.41, 5.74) is 0.463. The van der Waals surface area contributed by atoms with Crippen molar-refractivity contribution in [2.24, 2.45) is 5.92 Å². The Labute approximate surface area is 241 Å². The van der Waals surface area contributed by atoms with Crippen molar-refractivity contribution in [2.75, 3.05) is 19.6 Å². The lowest BCUT2D eigenvalue weighted by molar-refractivity contribution is -0.165. The molecule has 3 fully saturated rings. The normalized spacial score (nSPS) is 22.1. The SMILES string of the molecule is CCCCN1C(=O)C(C(O)C2CCCC2)NC(=O)C12CCN(Cc1ccc(Oc3ccc(C(=O)O)cc3)cc1)CC2. The van der Waals surface area contributed by atoms with Gasteiger partial charge < -0.3 is 25.2 Å². The van der Waals surface area contributed by atoms with Gasteiger partial charge in [-0.1, -0.05) is 38.3 Å². The average molecular weight is 564 g/mol. The Morgan fingerprint density at radius 3 is 2.22 bits per heavy atom. The maximum Gasteiger partial charge on any atom is 0.335 e. The third kappa shape index (κ3) is 6.26. The van der Waals surface area contributed by atoms with Crippen LogP contribution in [0.25, 0.3) is 0 Å². The number of hydrogen-bond acceptors (Lipinski definition) is 6. The average Bonchev–Trinajstić information content (AvgIpc) is 3.52. The van der Waals surface area contributed by atoms with Crippen molar-refractivity contribution in [3.8, 4) is 11.5 Å². The van der Waals surface area contributed by atoms with Gasteiger partial charge >= 0.3 is 5.97 Å². The number of rotatable bonds is 10. The second-order valence-corrected chi connectivity index (χ2v) is 11.7. The first-order valence-corrected chi connectivity index (χ1v) is 14.9. The minimum Gasteiger partial charge on any atom is -0.478 e. The van der Waals surface area contributed by atoms with Crippen molar-refractivity contribution in [3.63, 3.8) is 0 Å². The van der Waals surface area contributed by atoms with Gasteiger partial charge in [-0.3, -0.25) is 14.5 Å². The third-order valence-electron chi connectivity index (χ3n) is 9.07. The molecule has 3 N–H and O–H groups in total. The summed E-state index contributed by atoms with van der Waals surface area (Å²) in [7, 11) is 0. The fraction of sp³-hybridized carbons (Fsp3) is 0.531. The number of aliphatic hydroxyl groups is 1. The van der Waals surface area contributed by atoms with E-state index in [1.165, 1.54) is 12.1 Å². The smallest absolute Gasteiger partial charge is 0.335 e. The van der Waals surface area contributed by atoms with Crippen LogP contribution in [0.4, 0.5) is 0 Å². The molecule has 2 heterocycles. The van der Waals surface area contributed by atoms with Gasteiger partial charge in [0.25, 0.3) is 0 Å². The van der Waals surface area contributed by atoms with Gasteiger partial charge in [-0.25, -0.2) is 4.79 Å². The van der Waals surface area contributed by atoms with E-state index in [2.05, 4.69) is 17.1 Å². The van der Waals surface area contributed by atoms with E-state index in [4.69, 9.17) is 9.84 Å². The van der Waals surface area contributed by atoms with Crippen LogP contribution in [0.1, 0.15) is 74.2 Å². The van der Waals surface area contributed by atoms with Gasteiger partial charge in [0.2, 0.25) is 11.8 Å². The number of aromatic carboxylic acids is 1. The molecule has 41 heavy (non-hydrogen) atoms. The number of aliphatic hydroxyl groups excluding tert-OH is 1. The highest BCUT2D eigenvalue weighted by atomic mass is 16.5. The number of benzene rings is 2. The number of carboxylic acid groups (broad SMARTS) is 1. The zero-order valence-electron chi connectivity index (χ0n) is 23.8. The predicted molar refractivity (Wildman–Crippen MR) is 154 cm³/mol. The highest BCUT2D eigenvalue weighted by Gasteiger charge is 2.55. The van der Waals surface area contributed by atoms with Crippen molar-refractivity contribution in [1.82, 2.24) is 15.1 Å². The molecule has 0 bridgehead atoms. The first-order valence-electron chi connectivity index (χ1n) is 14.9. The Kier molecular flexibility index (Phi) is 8.94. The lowest BCUT2D eigenvalue weighted by Gasteiger charge is -2.52. The molecule has 0 radical (unpaired) electrons. The Bertz CT molecular complexity index is 1220. The van der Waals surface area contributed by atoms with E-state index in [-0.39, 0.29) is 23.3 Å². The number of carbonyl (C=O) groups is 3. The number of nitrogens with zero attached hydrogens (tertiary/aromatic N) is 2. The topological polar surface area (TPSA) is 119 Å². The molecule has 1 spiro atoms. The predicted octanol–water partition coefficient (Wildman–Crippen LogP) is 4.19. The quantitative estimate of drug-likeness (QED) is 0.397. The van der Waals surface area contributed by atoms with Crippen molar-refractivity contribution in [1.29, 1.82) is 0 Å². The Morgan fingerprint density at radius 2 is 1.63 bits per heavy atom. The number of amides is 2. The number of carbonyl (C=O) groups excluding carboxylic acids is 2. The summed E-state index contributed by atoms with van der Waals surface area (Å²) in [5.74, 6) is 0.0771. The Hall–Kier alpha value is -3.43. The van der Waals surface area contributed by atoms with E-state index in [9.17, 15) is 19.5 Å². The molecule has 5 rings (SSSR count). The van der Waals surface area contributed by atoms with E-state index in [0.717, 1.165) is 50.6 Å². The molecule has 0 aromatic heterocycles. The number of ether oxygens (including phenoxy) is 1. The number of nitrogens with one attached hydrogen (secondary N) is 1. The van der Waals surface area contributed by atoms with Gasteiger partial charge in [0.1, 0.15) is 23.1 Å². The van der Waals surface area contributed by atoms with Gasteiger partial charge in [0.05, 0.1) is 11.7 Å². The molecular formula is C32H41N3O6. The van der Waals surface area contributed by atoms with Gasteiger partial charge in [-0.2, -0.15) is 0 Å². The molecular weight excluding hydrogens is 522 g/mol. The van der Waals surface area contributed by atoms with E-state index in [1.54, 1.807) is 12.1 Å². The summed E-state index contributed by atoms with van der Waals surface area (Å²) in [6.45, 7) is 4.72. The molecule has 2 aliphatic heterocycles. The molecule has 9 nitrogen and oxygen atoms in total. The highest BCUT2D eigenvalue weighted by molar-refractivity contribution is 6.00. The van der Waals surface area contributed by atoms with E-state index < -0.39 is 23.7 Å². The number of hydrogen-bond donors (Lipinski definition) is 3. The van der Waals surface area contributed by atoms with Crippen molar-refractivity contribution in [3.05, 3.63) is 59.7 Å². The summed E-state index contributed by atoms with van der Waals surface area (Å²) in [5, 5.41) is 23.0. The van der Waals surface area contributed by atoms with Crippen molar-refractivity contribution >= 4 is 17.8 Å². The van der Waals surface area contributed by atoms with Gasteiger partial charge in [-0.05, 0) is 80.0 Å². The highest BCUT2D eigenvalue weighted by Crippen LogP contribution is 2.37. The number of unbranched alkanes of at least 4 members (excludes halogenated alkanes) is 1. The number of piperidine rings is 1. The fourth-order valence-electron chi connectivity index (χ4n) is 6.58. The molecule has 3 aliphatic rings. The molecule has 9 heteroatoms. The maximum atomic E-state index is 13.7. The standard InChI is InChI=1S/C32H41N3O6/c1-2-3-18-35-29(37)27(28(36)23-6-4-5-7-23)33-31(40)32(35)16-19-34(20-17-32)21-22-8-12-25(13-9-22)41-26-14-10-24(11-15-26)30(38)39/h8-15,23,27-28,36H,2-7,16-21H2,1H3,(H,33,40)(H,38,39). The van der Waals surface area contributed by atoms with Crippen LogP contribution in [-0.4, -0.2) is 75.1 Å². The molecule has 2 atom stereocenters. The monoisotopic (exact) mass is 563 g/mol. The van der Waals surface area contributed by atoms with Crippen LogP contribution in [0.15, 0.2) is 48.5 Å².